The monoisotopic (exact) mass is 433 g/mol. The predicted molar refractivity (Wildman–Crippen MR) is 104 cm³/mol. The molecule has 0 fully saturated rings. The van der Waals surface area contributed by atoms with Crippen molar-refractivity contribution in [3.63, 3.8) is 0 Å². The Hall–Kier alpha value is -3.26. The smallest absolute Gasteiger partial charge is 0.355 e. The lowest BCUT2D eigenvalue weighted by molar-refractivity contribution is -0.379. The van der Waals surface area contributed by atoms with E-state index in [2.05, 4.69) is 15.6 Å². The van der Waals surface area contributed by atoms with Crippen LogP contribution in [0, 0.1) is 0 Å². The number of fused-ring (bicyclic) bond motifs is 1. The maximum atomic E-state index is 13.7. The number of aromatic amines is 1. The number of pyridine rings is 1. The molecule has 2 atom stereocenters. The van der Waals surface area contributed by atoms with Crippen LogP contribution in [0.2, 0.25) is 5.02 Å². The van der Waals surface area contributed by atoms with E-state index in [1.54, 1.807) is 47.5 Å². The second-order valence-corrected chi connectivity index (χ2v) is 7.19. The first-order valence-electron chi connectivity index (χ1n) is 9.07. The number of hydrogen-bond donors (Lipinski definition) is 2. The number of nitrogens with zero attached hydrogens (tertiary/aromatic N) is 1. The van der Waals surface area contributed by atoms with Crippen LogP contribution in [0.5, 0.6) is 0 Å². The summed E-state index contributed by atoms with van der Waals surface area (Å²) in [5.41, 5.74) is 1.20. The van der Waals surface area contributed by atoms with Gasteiger partial charge in [0.2, 0.25) is 0 Å². The van der Waals surface area contributed by atoms with Gasteiger partial charge in [0.25, 0.3) is 5.91 Å². The summed E-state index contributed by atoms with van der Waals surface area (Å²) in [6, 6.07) is 7.65. The van der Waals surface area contributed by atoms with Crippen LogP contribution in [0.15, 0.2) is 84.6 Å². The molecule has 3 N–H and O–H groups in total. The number of rotatable bonds is 4. The van der Waals surface area contributed by atoms with Crippen LogP contribution in [0.1, 0.15) is 23.3 Å². The van der Waals surface area contributed by atoms with E-state index in [1.807, 2.05) is 6.07 Å². The van der Waals surface area contributed by atoms with Gasteiger partial charge in [0.15, 0.2) is 18.4 Å². The molecule has 0 saturated carbocycles. The minimum Gasteiger partial charge on any atom is -0.355 e. The number of halogens is 4. The standard InChI is InChI=1S/C21H16ClF3N4O/c22-15-7-3-5-13(11-15)19-27-17(16-8-1-2-10-29(16)19)20(30)28-18(21(23,24)25)14-6-4-9-26-12-14/h1-12,18-19,27H,(H,28,30)/p+1. The molecule has 0 spiro atoms. The van der Waals surface area contributed by atoms with Crippen LogP contribution in [0.25, 0.3) is 0 Å². The molecule has 0 bridgehead atoms. The molecule has 1 amide bonds. The number of amides is 1. The number of H-pyrrole nitrogens is 1. The van der Waals surface area contributed by atoms with Gasteiger partial charge in [-0.3, -0.25) is 4.79 Å². The Morgan fingerprint density at radius 2 is 2.07 bits per heavy atom. The maximum Gasteiger partial charge on any atom is 0.413 e. The number of aromatic nitrogens is 1. The van der Waals surface area contributed by atoms with Crippen molar-refractivity contribution in [2.45, 2.75) is 18.4 Å². The molecule has 0 saturated heterocycles. The van der Waals surface area contributed by atoms with E-state index < -0.39 is 24.3 Å². The van der Waals surface area contributed by atoms with E-state index >= 15 is 0 Å². The normalized spacial score (nSPS) is 18.8. The molecule has 2 aromatic rings. The molecule has 5 nitrogen and oxygen atoms in total. The van der Waals surface area contributed by atoms with Crippen LogP contribution in [-0.4, -0.2) is 17.0 Å². The van der Waals surface area contributed by atoms with Gasteiger partial charge in [0, 0.05) is 22.9 Å². The van der Waals surface area contributed by atoms with Crippen molar-refractivity contribution in [1.82, 2.24) is 15.5 Å². The van der Waals surface area contributed by atoms with Crippen molar-refractivity contribution in [3.8, 4) is 0 Å². The fraction of sp³-hybridized carbons (Fsp3) is 0.143. The zero-order valence-corrected chi connectivity index (χ0v) is 16.2. The average Bonchev–Trinajstić information content (AvgIpc) is 3.11. The number of carbonyl (C=O) groups is 1. The first-order valence-corrected chi connectivity index (χ1v) is 9.45. The Bertz CT molecular complexity index is 1050. The molecule has 1 aromatic carbocycles. The van der Waals surface area contributed by atoms with Crippen molar-refractivity contribution in [2.75, 3.05) is 0 Å². The number of nitrogens with one attached hydrogen (secondary N) is 3. The van der Waals surface area contributed by atoms with Crippen molar-refractivity contribution in [2.24, 2.45) is 0 Å². The molecule has 2 unspecified atom stereocenters. The lowest BCUT2D eigenvalue weighted by Gasteiger charge is -2.26. The average molecular weight is 434 g/mol. The molecular formula is C21H17ClF3N4O+. The summed E-state index contributed by atoms with van der Waals surface area (Å²) < 4.78 is 41.0. The van der Waals surface area contributed by atoms with Crippen molar-refractivity contribution >= 4 is 17.5 Å². The van der Waals surface area contributed by atoms with E-state index in [9.17, 15) is 18.0 Å². The molecular weight excluding hydrogens is 417 g/mol. The van der Waals surface area contributed by atoms with Crippen molar-refractivity contribution in [3.05, 3.63) is 101 Å². The van der Waals surface area contributed by atoms with Gasteiger partial charge in [-0.1, -0.05) is 29.8 Å². The number of allylic oxidation sites excluding steroid dienone is 3. The number of carbonyl (C=O) groups excluding carboxylic acids is 1. The summed E-state index contributed by atoms with van der Waals surface area (Å²) in [7, 11) is 0. The molecule has 4 rings (SSSR count). The zero-order valence-electron chi connectivity index (χ0n) is 15.5. The molecule has 9 heteroatoms. The van der Waals surface area contributed by atoms with Gasteiger partial charge >= 0.3 is 6.18 Å². The predicted octanol–water partition coefficient (Wildman–Crippen LogP) is 3.77. The molecule has 0 aliphatic carbocycles. The van der Waals surface area contributed by atoms with Crippen LogP contribution in [0.4, 0.5) is 13.2 Å². The lowest BCUT2D eigenvalue weighted by atomic mass is 10.1. The molecule has 3 heterocycles. The highest BCUT2D eigenvalue weighted by Gasteiger charge is 2.44. The van der Waals surface area contributed by atoms with E-state index in [1.165, 1.54) is 24.5 Å². The first kappa shape index (κ1) is 20.0. The number of alkyl halides is 3. The van der Waals surface area contributed by atoms with Gasteiger partial charge in [0.1, 0.15) is 11.9 Å². The Balaban J connectivity index is 1.64. The highest BCUT2D eigenvalue weighted by atomic mass is 35.5. The third-order valence-electron chi connectivity index (χ3n) is 4.76. The molecule has 30 heavy (non-hydrogen) atoms. The van der Waals surface area contributed by atoms with Gasteiger partial charge in [-0.05, 0) is 35.9 Å². The largest absolute Gasteiger partial charge is 0.413 e. The Morgan fingerprint density at radius 1 is 1.23 bits per heavy atom. The summed E-state index contributed by atoms with van der Waals surface area (Å²) in [5, 5.41) is 5.67. The van der Waals surface area contributed by atoms with Crippen LogP contribution in [-0.2, 0) is 4.79 Å². The Kier molecular flexibility index (Phi) is 5.26. The van der Waals surface area contributed by atoms with E-state index in [0.717, 1.165) is 5.56 Å². The van der Waals surface area contributed by atoms with E-state index in [-0.39, 0.29) is 11.3 Å². The summed E-state index contributed by atoms with van der Waals surface area (Å²) in [6.07, 6.45) is 4.49. The van der Waals surface area contributed by atoms with Gasteiger partial charge in [-0.2, -0.15) is 13.2 Å². The topological polar surface area (TPSA) is 58.5 Å². The van der Waals surface area contributed by atoms with E-state index in [4.69, 9.17) is 11.6 Å². The Morgan fingerprint density at radius 3 is 2.77 bits per heavy atom. The summed E-state index contributed by atoms with van der Waals surface area (Å²) in [4.78, 5) is 17.3. The second-order valence-electron chi connectivity index (χ2n) is 6.75. The molecule has 2 aliphatic heterocycles. The molecule has 1 aromatic heterocycles. The third-order valence-corrected chi connectivity index (χ3v) is 5.00. The second kappa shape index (κ2) is 7.87. The van der Waals surface area contributed by atoms with Gasteiger partial charge in [0.05, 0.1) is 5.70 Å². The van der Waals surface area contributed by atoms with Gasteiger partial charge in [-0.15, -0.1) is 0 Å². The first-order chi connectivity index (χ1) is 14.3. The minimum absolute atomic E-state index is 0.0507. The number of hydrogen-bond acceptors (Lipinski definition) is 3. The SMILES string of the molecule is O=C(NC(c1ccc[nH+]c1)C(F)(F)F)C1=C2C=CC=CN2C(c2cccc(Cl)c2)N1. The highest BCUT2D eigenvalue weighted by molar-refractivity contribution is 6.30. The van der Waals surface area contributed by atoms with Gasteiger partial charge < -0.3 is 15.5 Å². The zero-order chi connectivity index (χ0) is 21.3. The quantitative estimate of drug-likeness (QED) is 0.771. The fourth-order valence-electron chi connectivity index (χ4n) is 3.42. The highest BCUT2D eigenvalue weighted by Crippen LogP contribution is 2.36. The van der Waals surface area contributed by atoms with E-state index in [0.29, 0.717) is 10.7 Å². The van der Waals surface area contributed by atoms with Crippen molar-refractivity contribution < 1.29 is 22.9 Å². The van der Waals surface area contributed by atoms with Crippen LogP contribution >= 0.6 is 11.6 Å². The van der Waals surface area contributed by atoms with Gasteiger partial charge in [-0.25, -0.2) is 4.98 Å². The number of benzene rings is 1. The fourth-order valence-corrected chi connectivity index (χ4v) is 3.62. The molecule has 154 valence electrons. The summed E-state index contributed by atoms with van der Waals surface area (Å²) in [5.74, 6) is -0.856. The lowest BCUT2D eigenvalue weighted by Crippen LogP contribution is -2.41. The maximum absolute atomic E-state index is 13.7. The van der Waals surface area contributed by atoms with Crippen molar-refractivity contribution in [1.29, 1.82) is 0 Å². The molecule has 0 radical (unpaired) electrons. The Labute approximate surface area is 175 Å². The molecule has 2 aliphatic rings. The third kappa shape index (κ3) is 3.91. The summed E-state index contributed by atoms with van der Waals surface area (Å²) >= 11 is 6.09. The van der Waals surface area contributed by atoms with Crippen LogP contribution in [0.3, 0.4) is 0 Å². The summed E-state index contributed by atoms with van der Waals surface area (Å²) in [6.45, 7) is 0. The minimum atomic E-state index is -4.66. The van der Waals surface area contributed by atoms with Crippen LogP contribution < -0.4 is 15.6 Å².